The van der Waals surface area contributed by atoms with E-state index in [0.29, 0.717) is 0 Å². The van der Waals surface area contributed by atoms with E-state index in [1.165, 1.54) is 43.5 Å². The van der Waals surface area contributed by atoms with Crippen LogP contribution in [0.4, 0.5) is 0 Å². The fourth-order valence-electron chi connectivity index (χ4n) is 3.92. The Hall–Kier alpha value is -1.61. The maximum Gasteiger partial charge on any atom is 0.0951 e. The lowest BCUT2D eigenvalue weighted by molar-refractivity contribution is 0.147. The zero-order chi connectivity index (χ0) is 15.0. The Morgan fingerprint density at radius 3 is 2.82 bits per heavy atom. The standard InChI is InChI=1S/C19H25N3/c1-19(16-6-3-2-4-7-16)10-5-11-21(14-19)13-18-12-20-15-22(18)17-8-9-17/h2-4,6-7,12,15,17H,5,8-11,13-14H2,1H3/t19-/m1/s1. The smallest absolute Gasteiger partial charge is 0.0951 e. The number of hydrogen-bond donors (Lipinski definition) is 0. The van der Waals surface area contributed by atoms with Gasteiger partial charge in [-0.2, -0.15) is 0 Å². The van der Waals surface area contributed by atoms with Crippen molar-refractivity contribution in [2.75, 3.05) is 13.1 Å². The second-order valence-corrected chi connectivity index (χ2v) is 7.26. The average molecular weight is 295 g/mol. The number of imidazole rings is 1. The lowest BCUT2D eigenvalue weighted by Gasteiger charge is -2.41. The minimum atomic E-state index is 0.282. The lowest BCUT2D eigenvalue weighted by Crippen LogP contribution is -2.44. The van der Waals surface area contributed by atoms with E-state index in [9.17, 15) is 0 Å². The molecule has 2 fully saturated rings. The van der Waals surface area contributed by atoms with Gasteiger partial charge in [0.05, 0.1) is 12.0 Å². The Labute approximate surface area is 133 Å². The van der Waals surface area contributed by atoms with Crippen molar-refractivity contribution in [2.24, 2.45) is 0 Å². The SMILES string of the molecule is C[C@@]1(c2ccccc2)CCCN(Cc2cncn2C2CC2)C1. The Morgan fingerprint density at radius 2 is 2.05 bits per heavy atom. The molecule has 2 heterocycles. The van der Waals surface area contributed by atoms with E-state index in [2.05, 4.69) is 57.9 Å². The molecule has 22 heavy (non-hydrogen) atoms. The fraction of sp³-hybridized carbons (Fsp3) is 0.526. The van der Waals surface area contributed by atoms with Gasteiger partial charge in [-0.1, -0.05) is 37.3 Å². The molecule has 1 atom stereocenters. The number of aromatic nitrogens is 2. The van der Waals surface area contributed by atoms with Crippen molar-refractivity contribution in [3.63, 3.8) is 0 Å². The van der Waals surface area contributed by atoms with Gasteiger partial charge >= 0.3 is 0 Å². The second-order valence-electron chi connectivity index (χ2n) is 7.26. The Kier molecular flexibility index (Phi) is 3.53. The highest BCUT2D eigenvalue weighted by Crippen LogP contribution is 2.37. The number of nitrogens with zero attached hydrogens (tertiary/aromatic N) is 3. The van der Waals surface area contributed by atoms with Crippen molar-refractivity contribution < 1.29 is 0 Å². The molecule has 1 saturated heterocycles. The highest BCUT2D eigenvalue weighted by molar-refractivity contribution is 5.25. The van der Waals surface area contributed by atoms with Crippen molar-refractivity contribution in [2.45, 2.75) is 50.6 Å². The van der Waals surface area contributed by atoms with Gasteiger partial charge in [-0.3, -0.25) is 4.90 Å². The Bertz CT molecular complexity index is 629. The maximum absolute atomic E-state index is 4.38. The van der Waals surface area contributed by atoms with Crippen molar-refractivity contribution in [1.29, 1.82) is 0 Å². The largest absolute Gasteiger partial charge is 0.330 e. The van der Waals surface area contributed by atoms with Gasteiger partial charge in [-0.05, 0) is 37.8 Å². The molecule has 3 heteroatoms. The van der Waals surface area contributed by atoms with Gasteiger partial charge in [0, 0.05) is 30.7 Å². The zero-order valence-corrected chi connectivity index (χ0v) is 13.4. The molecule has 2 aliphatic rings. The van der Waals surface area contributed by atoms with Crippen LogP contribution in [0.15, 0.2) is 42.9 Å². The number of rotatable bonds is 4. The topological polar surface area (TPSA) is 21.1 Å². The summed E-state index contributed by atoms with van der Waals surface area (Å²) in [5.74, 6) is 0. The molecule has 2 aromatic rings. The van der Waals surface area contributed by atoms with Crippen molar-refractivity contribution in [1.82, 2.24) is 14.5 Å². The summed E-state index contributed by atoms with van der Waals surface area (Å²) >= 11 is 0. The molecule has 3 nitrogen and oxygen atoms in total. The predicted molar refractivity (Wildman–Crippen MR) is 88.8 cm³/mol. The van der Waals surface area contributed by atoms with Gasteiger partial charge in [0.1, 0.15) is 0 Å². The molecule has 0 amide bonds. The lowest BCUT2D eigenvalue weighted by atomic mass is 9.76. The highest BCUT2D eigenvalue weighted by Gasteiger charge is 2.33. The molecule has 1 aromatic heterocycles. The predicted octanol–water partition coefficient (Wildman–Crippen LogP) is 3.77. The van der Waals surface area contributed by atoms with Crippen molar-refractivity contribution in [3.05, 3.63) is 54.1 Å². The quantitative estimate of drug-likeness (QED) is 0.856. The van der Waals surface area contributed by atoms with E-state index < -0.39 is 0 Å². The van der Waals surface area contributed by atoms with Crippen LogP contribution in [0.1, 0.15) is 49.9 Å². The van der Waals surface area contributed by atoms with Crippen LogP contribution in [-0.4, -0.2) is 27.5 Å². The zero-order valence-electron chi connectivity index (χ0n) is 13.4. The van der Waals surface area contributed by atoms with Crippen LogP contribution in [0.5, 0.6) is 0 Å². The minimum Gasteiger partial charge on any atom is -0.330 e. The van der Waals surface area contributed by atoms with E-state index in [-0.39, 0.29) is 5.41 Å². The molecular formula is C19H25N3. The molecule has 0 spiro atoms. The number of likely N-dealkylation sites (tertiary alicyclic amines) is 1. The first-order chi connectivity index (χ1) is 10.7. The third-order valence-electron chi connectivity index (χ3n) is 5.32. The molecule has 0 bridgehead atoms. The van der Waals surface area contributed by atoms with E-state index in [1.807, 2.05) is 6.33 Å². The first-order valence-electron chi connectivity index (χ1n) is 8.53. The summed E-state index contributed by atoms with van der Waals surface area (Å²) in [6.45, 7) is 5.82. The average Bonchev–Trinajstić information content (AvgIpc) is 3.28. The molecule has 1 aromatic carbocycles. The summed E-state index contributed by atoms with van der Waals surface area (Å²) in [6, 6.07) is 11.8. The summed E-state index contributed by atoms with van der Waals surface area (Å²) in [7, 11) is 0. The number of benzene rings is 1. The summed E-state index contributed by atoms with van der Waals surface area (Å²) < 4.78 is 2.40. The third-order valence-corrected chi connectivity index (χ3v) is 5.32. The first kappa shape index (κ1) is 14.0. The van der Waals surface area contributed by atoms with Gasteiger partial charge in [-0.25, -0.2) is 4.98 Å². The normalized spacial score (nSPS) is 26.2. The van der Waals surface area contributed by atoms with Gasteiger partial charge in [0.15, 0.2) is 0 Å². The van der Waals surface area contributed by atoms with E-state index in [1.54, 1.807) is 0 Å². The molecule has 0 radical (unpaired) electrons. The summed E-state index contributed by atoms with van der Waals surface area (Å²) in [5, 5.41) is 0. The molecule has 4 rings (SSSR count). The first-order valence-corrected chi connectivity index (χ1v) is 8.53. The molecular weight excluding hydrogens is 270 g/mol. The van der Waals surface area contributed by atoms with Gasteiger partial charge in [0.2, 0.25) is 0 Å². The van der Waals surface area contributed by atoms with Crippen molar-refractivity contribution in [3.8, 4) is 0 Å². The van der Waals surface area contributed by atoms with Crippen LogP contribution in [0.3, 0.4) is 0 Å². The highest BCUT2D eigenvalue weighted by atomic mass is 15.2. The van der Waals surface area contributed by atoms with Crippen LogP contribution in [0.25, 0.3) is 0 Å². The minimum absolute atomic E-state index is 0.282. The molecule has 1 aliphatic heterocycles. The summed E-state index contributed by atoms with van der Waals surface area (Å²) in [5.41, 5.74) is 3.15. The summed E-state index contributed by atoms with van der Waals surface area (Å²) in [4.78, 5) is 7.00. The molecule has 0 unspecified atom stereocenters. The fourth-order valence-corrected chi connectivity index (χ4v) is 3.92. The van der Waals surface area contributed by atoms with E-state index in [0.717, 1.165) is 19.1 Å². The van der Waals surface area contributed by atoms with Crippen LogP contribution >= 0.6 is 0 Å². The van der Waals surface area contributed by atoms with E-state index >= 15 is 0 Å². The van der Waals surface area contributed by atoms with Gasteiger partial charge < -0.3 is 4.57 Å². The third kappa shape index (κ3) is 2.70. The molecule has 0 N–H and O–H groups in total. The van der Waals surface area contributed by atoms with Crippen molar-refractivity contribution >= 4 is 0 Å². The second kappa shape index (κ2) is 5.54. The van der Waals surface area contributed by atoms with Crippen LogP contribution in [-0.2, 0) is 12.0 Å². The molecule has 1 aliphatic carbocycles. The molecule has 116 valence electrons. The summed E-state index contributed by atoms with van der Waals surface area (Å²) in [6.07, 6.45) is 9.30. The van der Waals surface area contributed by atoms with Gasteiger partial charge in [0.25, 0.3) is 0 Å². The van der Waals surface area contributed by atoms with Crippen LogP contribution in [0, 0.1) is 0 Å². The molecule has 1 saturated carbocycles. The maximum atomic E-state index is 4.38. The Morgan fingerprint density at radius 1 is 1.23 bits per heavy atom. The van der Waals surface area contributed by atoms with Crippen LogP contribution < -0.4 is 0 Å². The van der Waals surface area contributed by atoms with E-state index in [4.69, 9.17) is 0 Å². The van der Waals surface area contributed by atoms with Gasteiger partial charge in [-0.15, -0.1) is 0 Å². The van der Waals surface area contributed by atoms with Crippen LogP contribution in [0.2, 0.25) is 0 Å². The number of piperidine rings is 1. The number of hydrogen-bond acceptors (Lipinski definition) is 2. The monoisotopic (exact) mass is 295 g/mol. The Balaban J connectivity index is 1.50.